The van der Waals surface area contributed by atoms with E-state index >= 15 is 0 Å². The molecule has 0 spiro atoms. The molecule has 1 N–H and O–H groups in total. The van der Waals surface area contributed by atoms with Crippen molar-refractivity contribution < 1.29 is 4.74 Å². The minimum atomic E-state index is 0.389. The number of hydrogen-bond donors (Lipinski definition) is 1. The number of rotatable bonds is 4. The fourth-order valence-corrected chi connectivity index (χ4v) is 3.46. The number of methoxy groups -OCH3 is 1. The Bertz CT molecular complexity index is 594. The zero-order chi connectivity index (χ0) is 14.7. The molecule has 1 aliphatic rings. The van der Waals surface area contributed by atoms with Gasteiger partial charge in [0, 0.05) is 11.6 Å². The summed E-state index contributed by atoms with van der Waals surface area (Å²) in [5.74, 6) is 1.66. The Labute approximate surface area is 127 Å². The van der Waals surface area contributed by atoms with Gasteiger partial charge >= 0.3 is 0 Å². The van der Waals surface area contributed by atoms with Gasteiger partial charge in [-0.3, -0.25) is 0 Å². The van der Waals surface area contributed by atoms with E-state index in [-0.39, 0.29) is 0 Å². The van der Waals surface area contributed by atoms with Gasteiger partial charge in [-0.25, -0.2) is 0 Å². The maximum Gasteiger partial charge on any atom is 0.126 e. The Morgan fingerprint density at radius 1 is 1.10 bits per heavy atom. The van der Waals surface area contributed by atoms with Crippen LogP contribution in [0, 0.1) is 12.8 Å². The molecule has 110 valence electrons. The summed E-state index contributed by atoms with van der Waals surface area (Å²) < 4.78 is 5.65. The molecule has 0 bridgehead atoms. The van der Waals surface area contributed by atoms with Crippen LogP contribution < -0.4 is 10.1 Å². The van der Waals surface area contributed by atoms with Crippen LogP contribution in [0.2, 0.25) is 0 Å². The summed E-state index contributed by atoms with van der Waals surface area (Å²) in [5.41, 5.74) is 3.93. The highest BCUT2D eigenvalue weighted by atomic mass is 16.5. The first-order chi connectivity index (χ1) is 10.3. The predicted molar refractivity (Wildman–Crippen MR) is 86.7 cm³/mol. The van der Waals surface area contributed by atoms with Crippen LogP contribution in [-0.4, -0.2) is 13.7 Å². The van der Waals surface area contributed by atoms with E-state index in [1.54, 1.807) is 7.11 Å². The molecule has 0 saturated carbocycles. The van der Waals surface area contributed by atoms with E-state index in [1.165, 1.54) is 23.1 Å². The second-order valence-corrected chi connectivity index (χ2v) is 5.87. The molecule has 21 heavy (non-hydrogen) atoms. The van der Waals surface area contributed by atoms with E-state index in [9.17, 15) is 0 Å². The standard InChI is InChI=1S/C19H23NO/c1-14-7-6-10-17(19(14)21-2)18-16(11-12-20-18)13-15-8-4-3-5-9-15/h3-10,16,18,20H,11-13H2,1-2H3. The van der Waals surface area contributed by atoms with Gasteiger partial charge in [0.25, 0.3) is 0 Å². The summed E-state index contributed by atoms with van der Waals surface area (Å²) in [5, 5.41) is 3.67. The summed E-state index contributed by atoms with van der Waals surface area (Å²) in [6, 6.07) is 17.6. The van der Waals surface area contributed by atoms with Gasteiger partial charge in [0.1, 0.15) is 5.75 Å². The third-order valence-electron chi connectivity index (χ3n) is 4.47. The Morgan fingerprint density at radius 2 is 1.90 bits per heavy atom. The normalized spacial score (nSPS) is 21.4. The van der Waals surface area contributed by atoms with Crippen molar-refractivity contribution in [3.63, 3.8) is 0 Å². The monoisotopic (exact) mass is 281 g/mol. The van der Waals surface area contributed by atoms with E-state index < -0.39 is 0 Å². The largest absolute Gasteiger partial charge is 0.496 e. The molecule has 1 fully saturated rings. The van der Waals surface area contributed by atoms with Gasteiger partial charge in [-0.05, 0) is 43.4 Å². The lowest BCUT2D eigenvalue weighted by molar-refractivity contribution is 0.385. The van der Waals surface area contributed by atoms with Crippen molar-refractivity contribution in [1.82, 2.24) is 5.32 Å². The molecule has 2 aromatic rings. The Hall–Kier alpha value is -1.80. The molecule has 2 atom stereocenters. The van der Waals surface area contributed by atoms with Crippen molar-refractivity contribution in [2.24, 2.45) is 5.92 Å². The second kappa shape index (κ2) is 6.31. The number of hydrogen-bond acceptors (Lipinski definition) is 2. The molecule has 0 radical (unpaired) electrons. The van der Waals surface area contributed by atoms with Gasteiger partial charge in [0.15, 0.2) is 0 Å². The first kappa shape index (κ1) is 14.2. The Kier molecular flexibility index (Phi) is 4.26. The number of nitrogens with one attached hydrogen (secondary N) is 1. The Morgan fingerprint density at radius 3 is 2.67 bits per heavy atom. The van der Waals surface area contributed by atoms with Gasteiger partial charge in [-0.1, -0.05) is 48.5 Å². The zero-order valence-electron chi connectivity index (χ0n) is 12.8. The summed E-state index contributed by atoms with van der Waals surface area (Å²) in [6.45, 7) is 3.20. The fraction of sp³-hybridized carbons (Fsp3) is 0.368. The van der Waals surface area contributed by atoms with Crippen molar-refractivity contribution in [1.29, 1.82) is 0 Å². The maximum atomic E-state index is 5.65. The average Bonchev–Trinajstić information content (AvgIpc) is 2.96. The van der Waals surface area contributed by atoms with Crippen molar-refractivity contribution in [2.45, 2.75) is 25.8 Å². The zero-order valence-corrected chi connectivity index (χ0v) is 12.8. The molecule has 3 rings (SSSR count). The molecule has 2 aromatic carbocycles. The van der Waals surface area contributed by atoms with Gasteiger partial charge in [0.2, 0.25) is 0 Å². The van der Waals surface area contributed by atoms with E-state index in [1.807, 2.05) is 0 Å². The predicted octanol–water partition coefficient (Wildman–Crippen LogP) is 3.90. The number of ether oxygens (including phenoxy) is 1. The van der Waals surface area contributed by atoms with Gasteiger partial charge in [0.05, 0.1) is 7.11 Å². The van der Waals surface area contributed by atoms with Crippen LogP contribution in [0.25, 0.3) is 0 Å². The van der Waals surface area contributed by atoms with Gasteiger partial charge in [-0.15, -0.1) is 0 Å². The van der Waals surface area contributed by atoms with Crippen LogP contribution in [0.15, 0.2) is 48.5 Å². The minimum absolute atomic E-state index is 0.389. The Balaban J connectivity index is 1.86. The van der Waals surface area contributed by atoms with Crippen molar-refractivity contribution >= 4 is 0 Å². The number of aryl methyl sites for hydroxylation is 1. The summed E-state index contributed by atoms with van der Waals surface area (Å²) in [7, 11) is 1.77. The van der Waals surface area contributed by atoms with E-state index in [0.29, 0.717) is 12.0 Å². The smallest absolute Gasteiger partial charge is 0.126 e. The van der Waals surface area contributed by atoms with Crippen molar-refractivity contribution in [3.8, 4) is 5.75 Å². The van der Waals surface area contributed by atoms with Crippen LogP contribution in [0.5, 0.6) is 5.75 Å². The molecule has 1 heterocycles. The topological polar surface area (TPSA) is 21.3 Å². The summed E-state index contributed by atoms with van der Waals surface area (Å²) in [6.07, 6.45) is 2.34. The highest BCUT2D eigenvalue weighted by Gasteiger charge is 2.30. The lowest BCUT2D eigenvalue weighted by Gasteiger charge is -2.23. The van der Waals surface area contributed by atoms with Crippen LogP contribution >= 0.6 is 0 Å². The number of benzene rings is 2. The summed E-state index contributed by atoms with van der Waals surface area (Å²) in [4.78, 5) is 0. The first-order valence-electron chi connectivity index (χ1n) is 7.70. The molecule has 2 nitrogen and oxygen atoms in total. The maximum absolute atomic E-state index is 5.65. The lowest BCUT2D eigenvalue weighted by atomic mass is 9.87. The summed E-state index contributed by atoms with van der Waals surface area (Å²) >= 11 is 0. The van der Waals surface area contributed by atoms with Crippen LogP contribution in [0.1, 0.15) is 29.2 Å². The lowest BCUT2D eigenvalue weighted by Crippen LogP contribution is -2.20. The molecular formula is C19H23NO. The molecule has 2 heteroatoms. The fourth-order valence-electron chi connectivity index (χ4n) is 3.46. The van der Waals surface area contributed by atoms with Gasteiger partial charge < -0.3 is 10.1 Å². The van der Waals surface area contributed by atoms with Crippen LogP contribution in [-0.2, 0) is 6.42 Å². The molecule has 1 aliphatic heterocycles. The second-order valence-electron chi connectivity index (χ2n) is 5.87. The first-order valence-corrected chi connectivity index (χ1v) is 7.70. The number of para-hydroxylation sites is 1. The quantitative estimate of drug-likeness (QED) is 0.918. The molecule has 1 saturated heterocycles. The minimum Gasteiger partial charge on any atom is -0.496 e. The SMILES string of the molecule is COc1c(C)cccc1C1NCCC1Cc1ccccc1. The third-order valence-corrected chi connectivity index (χ3v) is 4.47. The van der Waals surface area contributed by atoms with E-state index in [0.717, 1.165) is 18.7 Å². The molecule has 0 aliphatic carbocycles. The third kappa shape index (κ3) is 2.96. The van der Waals surface area contributed by atoms with Crippen molar-refractivity contribution in [3.05, 3.63) is 65.2 Å². The molecule has 2 unspecified atom stereocenters. The highest BCUT2D eigenvalue weighted by molar-refractivity contribution is 5.43. The molecule has 0 aromatic heterocycles. The average molecular weight is 281 g/mol. The van der Waals surface area contributed by atoms with E-state index in [2.05, 4.69) is 60.8 Å². The van der Waals surface area contributed by atoms with Crippen LogP contribution in [0.4, 0.5) is 0 Å². The van der Waals surface area contributed by atoms with Gasteiger partial charge in [-0.2, -0.15) is 0 Å². The van der Waals surface area contributed by atoms with Crippen molar-refractivity contribution in [2.75, 3.05) is 13.7 Å². The van der Waals surface area contributed by atoms with E-state index in [4.69, 9.17) is 4.74 Å². The molecule has 0 amide bonds. The highest BCUT2D eigenvalue weighted by Crippen LogP contribution is 2.38. The van der Waals surface area contributed by atoms with Crippen LogP contribution in [0.3, 0.4) is 0 Å². The molecular weight excluding hydrogens is 258 g/mol.